The Bertz CT molecular complexity index is 2620. The Balaban J connectivity index is 1.24. The molecule has 46 nitrogen and oxygen atoms in total. The van der Waals surface area contributed by atoms with E-state index in [-0.39, 0.29) is 6.41 Å². The molecule has 0 saturated carbocycles. The molecule has 37 atom stereocenters. The van der Waals surface area contributed by atoms with Crippen molar-refractivity contribution < 1.29 is 208 Å². The molecule has 0 bridgehead atoms. The number of ether oxygens (including phenoxy) is 14. The normalized spacial score (nSPS) is 44.7. The van der Waals surface area contributed by atoms with Crippen LogP contribution in [0.15, 0.2) is 0 Å². The Morgan fingerprint density at radius 2 is 0.911 bits per heavy atom. The summed E-state index contributed by atoms with van der Waals surface area (Å²) in [6.07, 6.45) is -70.7. The van der Waals surface area contributed by atoms with E-state index in [1.54, 1.807) is 0 Å². The fourth-order valence-electron chi connectivity index (χ4n) is 12.5. The van der Waals surface area contributed by atoms with Gasteiger partial charge in [-0.1, -0.05) is 0 Å². The number of nitrogens with one attached hydrogen (secondary N) is 4. The summed E-state index contributed by atoms with van der Waals surface area (Å²) in [5.41, 5.74) is 0. The van der Waals surface area contributed by atoms with E-state index in [1.807, 2.05) is 5.32 Å². The van der Waals surface area contributed by atoms with Gasteiger partial charge in [0.2, 0.25) is 29.9 Å². The molecular weight excluding hydrogens is 1390 g/mol. The molecule has 0 aromatic rings. The van der Waals surface area contributed by atoms with E-state index in [2.05, 4.69) is 16.0 Å². The Morgan fingerprint density at radius 1 is 0.475 bits per heavy atom. The fourth-order valence-corrected chi connectivity index (χ4v) is 12.5. The highest BCUT2D eigenvalue weighted by Crippen LogP contribution is 2.42. The van der Waals surface area contributed by atoms with Gasteiger partial charge in [0.15, 0.2) is 37.7 Å². The molecule has 7 aliphatic rings. The van der Waals surface area contributed by atoms with Crippen molar-refractivity contribution >= 4 is 30.1 Å². The molecule has 0 spiro atoms. The van der Waals surface area contributed by atoms with Crippen molar-refractivity contribution in [2.75, 3.05) is 66.1 Å². The topological polar surface area (TPSA) is 731 Å². The number of aliphatic carboxylic acids is 1. The minimum absolute atomic E-state index is 0.206. The third kappa shape index (κ3) is 19.0. The quantitative estimate of drug-likeness (QED) is 0.0278. The number of carboxylic acids is 1. The summed E-state index contributed by atoms with van der Waals surface area (Å²) in [5, 5.41) is 263. The van der Waals surface area contributed by atoms with E-state index >= 15 is 0 Å². The first-order valence-corrected chi connectivity index (χ1v) is 31.6. The van der Waals surface area contributed by atoms with E-state index in [1.165, 1.54) is 0 Å². The lowest BCUT2D eigenvalue weighted by Crippen LogP contribution is -2.73. The van der Waals surface area contributed by atoms with Crippen molar-refractivity contribution in [3.63, 3.8) is 0 Å². The van der Waals surface area contributed by atoms with Gasteiger partial charge in [0.05, 0.1) is 77.6 Å². The summed E-state index contributed by atoms with van der Waals surface area (Å²) >= 11 is 0. The second-order valence-electron chi connectivity index (χ2n) is 24.7. The Labute approximate surface area is 570 Å². The zero-order valence-corrected chi connectivity index (χ0v) is 53.6. The fraction of sp³-hybridized carbons (Fsp3) is 0.909. The van der Waals surface area contributed by atoms with Crippen molar-refractivity contribution in [1.82, 2.24) is 21.3 Å². The van der Waals surface area contributed by atoms with Crippen LogP contribution in [0.4, 0.5) is 0 Å². The number of hydrogen-bond acceptors (Lipinski definition) is 42. The molecule has 4 amide bonds. The third-order valence-electron chi connectivity index (χ3n) is 17.8. The van der Waals surface area contributed by atoms with Gasteiger partial charge in [0, 0.05) is 20.3 Å². The summed E-state index contributed by atoms with van der Waals surface area (Å²) in [6.45, 7) is -9.03. The van der Waals surface area contributed by atoms with Crippen LogP contribution in [0.1, 0.15) is 20.3 Å². The van der Waals surface area contributed by atoms with Gasteiger partial charge < -0.3 is 210 Å². The van der Waals surface area contributed by atoms with E-state index in [9.17, 15) is 141 Å². The summed E-state index contributed by atoms with van der Waals surface area (Å²) in [4.78, 5) is 63.3. The van der Waals surface area contributed by atoms with Gasteiger partial charge in [-0.2, -0.15) is 0 Å². The number of amides is 4. The predicted molar refractivity (Wildman–Crippen MR) is 306 cm³/mol. The molecule has 7 saturated heterocycles. The highest BCUT2D eigenvalue weighted by atomic mass is 16.8. The van der Waals surface area contributed by atoms with Crippen LogP contribution in [0.3, 0.4) is 0 Å². The van der Waals surface area contributed by atoms with Crippen LogP contribution in [-0.4, -0.2) is 435 Å². The lowest BCUT2D eigenvalue weighted by atomic mass is 9.88. The Morgan fingerprint density at radius 3 is 1.44 bits per heavy atom. The molecule has 26 N–H and O–H groups in total. The van der Waals surface area contributed by atoms with Crippen molar-refractivity contribution in [1.29, 1.82) is 0 Å². The van der Waals surface area contributed by atoms with Gasteiger partial charge in [0.25, 0.3) is 0 Å². The maximum atomic E-state index is 13.7. The first-order chi connectivity index (χ1) is 47.9. The first kappa shape index (κ1) is 84.2. The monoisotopic (exact) mass is 1480 g/mol. The number of aliphatic hydroxyl groups excluding tert-OH is 22. The van der Waals surface area contributed by atoms with Crippen LogP contribution >= 0.6 is 0 Å². The Kier molecular flexibility index (Phi) is 31.2. The van der Waals surface area contributed by atoms with Gasteiger partial charge in [0.1, 0.15) is 177 Å². The minimum atomic E-state index is -3.64. The predicted octanol–water partition coefficient (Wildman–Crippen LogP) is -19.9. The van der Waals surface area contributed by atoms with Crippen LogP contribution < -0.4 is 26.4 Å². The van der Waals surface area contributed by atoms with Crippen LogP contribution in [0.25, 0.3) is 0 Å². The van der Waals surface area contributed by atoms with Crippen molar-refractivity contribution in [2.45, 2.75) is 247 Å². The molecule has 0 radical (unpaired) electrons. The zero-order chi connectivity index (χ0) is 74.8. The second-order valence-corrected chi connectivity index (χ2v) is 24.7. The molecule has 7 aliphatic heterocycles. The molecule has 46 heteroatoms. The average Bonchev–Trinajstić information content (AvgIpc) is 0.752. The number of carbonyl (C=O) groups excluding carboxylic acids is 5. The second kappa shape index (κ2) is 37.4. The van der Waals surface area contributed by atoms with Crippen LogP contribution in [0.2, 0.25) is 0 Å². The van der Waals surface area contributed by atoms with Crippen LogP contribution in [0.5, 0.6) is 0 Å². The number of carbonyl (C=O) groups is 5. The molecule has 7 heterocycles. The number of aliphatic hydroxyl groups is 22. The standard InChI is InChI=1S/C55H92N4O42/c1-15(70)57-28-34(79)41(95-51-37(82)35(80)31(76)20(6-62)90-51)23(9-65)92-48(28)99-46-33(78)22(8-64)91-52(39(46)84)98-44-29(58-16(2)71)49(89-21(7-63)32(44)77)97-43-25(11-67)94-53(96-42-24(10-66)93-50(38(83)36(42)81)88-13-17(4-60)56-14-69)40(85)47(43)101-55(54(86)87)3-18(72)27(59-26(74)12-68)45(100-55)30(75)19(73)5-61/h14,17-25,27-53,60-68,72-73,75-85H,3-13H2,1-2H3,(H,56,69)(H,57,70)(H,58,71)(H,59,74)(H,86,87)/p-1/t17-,18+,19-,20-,21-,22-,23-,24-,25-,27-,28-,29-,30-,31+,32+,33+,34-,35+,36-,37-,38-,39-,40-,41-,42-,43+,44-,45-,46+,47-,48+,49+,50-,51+,52+,53+,55+/m1/s1. The average molecular weight is 1480 g/mol. The molecule has 7 fully saturated rings. The van der Waals surface area contributed by atoms with Gasteiger partial charge >= 0.3 is 0 Å². The van der Waals surface area contributed by atoms with E-state index in [0.717, 1.165) is 13.8 Å². The highest BCUT2D eigenvalue weighted by molar-refractivity contribution is 5.78. The third-order valence-corrected chi connectivity index (χ3v) is 17.8. The van der Waals surface area contributed by atoms with Gasteiger partial charge in [-0.05, 0) is 0 Å². The smallest absolute Gasteiger partial charge is 0.246 e. The molecule has 584 valence electrons. The summed E-state index contributed by atoms with van der Waals surface area (Å²) in [5.74, 6) is -9.45. The van der Waals surface area contributed by atoms with Crippen molar-refractivity contribution in [2.24, 2.45) is 0 Å². The molecule has 0 unspecified atom stereocenters. The SMILES string of the molecule is CC(=O)N[C@H]1[C@H](O[C@H]2[C@@H](O)[C@@H](CO)O[C@@H](O[C@H]3[C@@H](O)[C@@H](CO)O[C@@H](O[C@@H]4[C@H](O[C@]5(C(=O)[O-])C[C@H](O)[C@@H](NC(=O)CO)[C@H]([C@H](O)[C@H](O)CO)O5)[C@@H](O)[C@H](O[C@H]5[C@H](O)[C@@H](O)[C@H](OC[C@@H](CO)NC=O)O[C@@H]5CO)O[C@@H]4CO)[C@@H]3NC(C)=O)[C@@H]2O)O[C@H](CO)[C@@H](O[C@@H]2O[C@H](CO)[C@H](O)[C@H](O)[C@H]2O)[C@@H]1O. The van der Waals surface area contributed by atoms with E-state index in [4.69, 9.17) is 66.3 Å². The molecule has 101 heavy (non-hydrogen) atoms. The van der Waals surface area contributed by atoms with Crippen LogP contribution in [0, 0.1) is 0 Å². The summed E-state index contributed by atoms with van der Waals surface area (Å²) in [6, 6.07) is -7.11. The lowest BCUT2D eigenvalue weighted by molar-refractivity contribution is -0.421. The maximum Gasteiger partial charge on any atom is 0.246 e. The first-order valence-electron chi connectivity index (χ1n) is 31.6. The number of hydrogen-bond donors (Lipinski definition) is 26. The van der Waals surface area contributed by atoms with E-state index in [0.29, 0.717) is 0 Å². The molecule has 0 aromatic heterocycles. The maximum absolute atomic E-state index is 13.7. The highest BCUT2D eigenvalue weighted by Gasteiger charge is 2.62. The Hall–Kier alpha value is -4.09. The molecule has 7 rings (SSSR count). The van der Waals surface area contributed by atoms with Gasteiger partial charge in [-0.15, -0.1) is 0 Å². The van der Waals surface area contributed by atoms with Crippen molar-refractivity contribution in [3.05, 3.63) is 0 Å². The largest absolute Gasteiger partial charge is 0.544 e. The lowest BCUT2D eigenvalue weighted by Gasteiger charge is -2.54. The van der Waals surface area contributed by atoms with Gasteiger partial charge in [-0.3, -0.25) is 19.2 Å². The molecular formula is C55H91N4O42-. The van der Waals surface area contributed by atoms with E-state index < -0.39 is 323 Å². The number of carboxylic acid groups (broad SMARTS) is 1. The summed E-state index contributed by atoms with van der Waals surface area (Å²) < 4.78 is 81.8. The van der Waals surface area contributed by atoms with Crippen molar-refractivity contribution in [3.8, 4) is 0 Å². The van der Waals surface area contributed by atoms with Crippen LogP contribution in [-0.2, 0) is 90.3 Å². The molecule has 0 aliphatic carbocycles. The summed E-state index contributed by atoms with van der Waals surface area (Å²) in [7, 11) is 0. The minimum Gasteiger partial charge on any atom is -0.544 e. The number of rotatable bonds is 32. The molecule has 0 aromatic carbocycles. The van der Waals surface area contributed by atoms with Gasteiger partial charge in [-0.25, -0.2) is 0 Å². The zero-order valence-electron chi connectivity index (χ0n) is 53.6.